The van der Waals surface area contributed by atoms with Gasteiger partial charge in [-0.3, -0.25) is 9.36 Å². The minimum Gasteiger partial charge on any atom is -0.393 e. The number of rotatable bonds is 8. The quantitative estimate of drug-likeness (QED) is 0.362. The zero-order valence-electron chi connectivity index (χ0n) is 20.3. The second-order valence-electron chi connectivity index (χ2n) is 9.77. The molecule has 0 bridgehead atoms. The largest absolute Gasteiger partial charge is 0.393 e. The lowest BCUT2D eigenvalue weighted by Crippen LogP contribution is -2.30. The van der Waals surface area contributed by atoms with Gasteiger partial charge in [-0.15, -0.1) is 0 Å². The van der Waals surface area contributed by atoms with Crippen LogP contribution in [-0.4, -0.2) is 30.7 Å². The summed E-state index contributed by atoms with van der Waals surface area (Å²) in [6.45, 7) is 8.37. The van der Waals surface area contributed by atoms with Crippen LogP contribution in [-0.2, 0) is 6.54 Å². The summed E-state index contributed by atoms with van der Waals surface area (Å²) in [4.78, 5) is 26.1. The first-order chi connectivity index (χ1) is 16.4. The third-order valence-corrected chi connectivity index (χ3v) is 6.00. The van der Waals surface area contributed by atoms with Gasteiger partial charge in [0.05, 0.1) is 28.1 Å². The molecule has 0 spiro atoms. The Balaban J connectivity index is 2.01. The van der Waals surface area contributed by atoms with E-state index in [0.717, 1.165) is 6.42 Å². The zero-order valence-corrected chi connectivity index (χ0v) is 21.1. The number of hydrogen-bond acceptors (Lipinski definition) is 9. The Kier molecular flexibility index (Phi) is 7.83. The number of nitriles is 1. The molecule has 0 aliphatic rings. The topological polar surface area (TPSA) is 169 Å². The van der Waals surface area contributed by atoms with E-state index < -0.39 is 12.1 Å². The van der Waals surface area contributed by atoms with Crippen molar-refractivity contribution in [1.82, 2.24) is 19.5 Å². The Labute approximate surface area is 209 Å². The fourth-order valence-corrected chi connectivity index (χ4v) is 4.04. The van der Waals surface area contributed by atoms with Crippen molar-refractivity contribution in [3.63, 3.8) is 0 Å². The van der Waals surface area contributed by atoms with Gasteiger partial charge in [-0.2, -0.15) is 15.2 Å². The Hall–Kier alpha value is -3.42. The lowest BCUT2D eigenvalue weighted by Gasteiger charge is -2.23. The van der Waals surface area contributed by atoms with Crippen LogP contribution in [0.1, 0.15) is 64.4 Å². The molecule has 0 saturated carbocycles. The van der Waals surface area contributed by atoms with Gasteiger partial charge in [0.2, 0.25) is 5.95 Å². The average molecular weight is 499 g/mol. The highest BCUT2D eigenvalue weighted by Crippen LogP contribution is 2.26. The van der Waals surface area contributed by atoms with Gasteiger partial charge in [0.15, 0.2) is 5.82 Å². The predicted octanol–water partition coefficient (Wildman–Crippen LogP) is 3.63. The molecule has 3 rings (SSSR count). The van der Waals surface area contributed by atoms with Gasteiger partial charge < -0.3 is 21.9 Å². The highest BCUT2D eigenvalue weighted by Gasteiger charge is 2.22. The molecule has 11 heteroatoms. The number of aliphatic hydroxyl groups excluding tert-OH is 1. The Bertz CT molecular complexity index is 1330. The summed E-state index contributed by atoms with van der Waals surface area (Å²) >= 11 is 6.33. The molecular formula is C24H31ClN8O2. The van der Waals surface area contributed by atoms with Gasteiger partial charge in [0.1, 0.15) is 23.3 Å². The number of halogens is 1. The van der Waals surface area contributed by atoms with E-state index in [1.807, 2.05) is 6.07 Å². The maximum atomic E-state index is 13.5. The van der Waals surface area contributed by atoms with E-state index in [4.69, 9.17) is 28.1 Å². The van der Waals surface area contributed by atoms with E-state index in [-0.39, 0.29) is 40.7 Å². The molecule has 2 aromatic heterocycles. The molecule has 2 heterocycles. The van der Waals surface area contributed by atoms with Crippen molar-refractivity contribution >= 4 is 40.1 Å². The average Bonchev–Trinajstić information content (AvgIpc) is 2.76. The Morgan fingerprint density at radius 2 is 1.94 bits per heavy atom. The maximum Gasteiger partial charge on any atom is 0.262 e. The second kappa shape index (κ2) is 10.5. The number of aliphatic hydroxyl groups is 1. The number of hydrogen-bond donors (Lipinski definition) is 4. The Morgan fingerprint density at radius 3 is 2.60 bits per heavy atom. The number of fused-ring (bicyclic) bond motifs is 1. The van der Waals surface area contributed by atoms with Crippen LogP contribution in [0.25, 0.3) is 10.9 Å². The number of nitrogens with one attached hydrogen (secondary N) is 1. The molecule has 1 unspecified atom stereocenters. The monoisotopic (exact) mass is 498 g/mol. The van der Waals surface area contributed by atoms with Gasteiger partial charge in [-0.25, -0.2) is 4.98 Å². The van der Waals surface area contributed by atoms with Crippen molar-refractivity contribution in [3.8, 4) is 6.07 Å². The standard InChI is InChI=1S/C24H31ClN8O2/c1-13(29-20-15(12-26)19(27)31-23(28)32-20)21-30-17-7-5-6-16(25)18(17)22(35)33(21)11-9-14(34)8-10-24(2,3)4/h5-7,13-14,34H,8-11H2,1-4H3,(H5,27,28,29,31,32)/t13-,14?/m0/s1. The molecule has 0 radical (unpaired) electrons. The van der Waals surface area contributed by atoms with E-state index in [9.17, 15) is 15.2 Å². The molecule has 10 nitrogen and oxygen atoms in total. The Morgan fingerprint density at radius 1 is 1.23 bits per heavy atom. The minimum absolute atomic E-state index is 0.0429. The van der Waals surface area contributed by atoms with E-state index in [1.165, 1.54) is 4.57 Å². The normalized spacial score (nSPS) is 13.4. The number of aromatic nitrogens is 4. The summed E-state index contributed by atoms with van der Waals surface area (Å²) in [5.74, 6) is 0.399. The first-order valence-corrected chi connectivity index (χ1v) is 11.8. The summed E-state index contributed by atoms with van der Waals surface area (Å²) in [5, 5.41) is 23.8. The minimum atomic E-state index is -0.578. The van der Waals surface area contributed by atoms with Crippen LogP contribution in [0, 0.1) is 16.7 Å². The summed E-state index contributed by atoms with van der Waals surface area (Å²) < 4.78 is 1.51. The molecule has 0 fully saturated rings. The SMILES string of the molecule is C[C@H](Nc1nc(N)nc(N)c1C#N)c1nc2cccc(Cl)c2c(=O)n1CCC(O)CCC(C)(C)C. The first kappa shape index (κ1) is 26.2. The van der Waals surface area contributed by atoms with Crippen molar-refractivity contribution < 1.29 is 5.11 Å². The van der Waals surface area contributed by atoms with Crippen molar-refractivity contribution in [3.05, 3.63) is 45.0 Å². The lowest BCUT2D eigenvalue weighted by molar-refractivity contribution is 0.131. The zero-order chi connectivity index (χ0) is 25.9. The number of nitrogens with zero attached hydrogens (tertiary/aromatic N) is 5. The molecule has 0 aliphatic heterocycles. The van der Waals surface area contributed by atoms with E-state index in [1.54, 1.807) is 25.1 Å². The maximum absolute atomic E-state index is 13.5. The second-order valence-corrected chi connectivity index (χ2v) is 10.2. The molecule has 1 aromatic carbocycles. The van der Waals surface area contributed by atoms with Crippen LogP contribution in [0.3, 0.4) is 0 Å². The highest BCUT2D eigenvalue weighted by molar-refractivity contribution is 6.35. The number of nitrogen functional groups attached to an aromatic ring is 2. The van der Waals surface area contributed by atoms with Gasteiger partial charge in [-0.05, 0) is 43.7 Å². The van der Waals surface area contributed by atoms with Crippen molar-refractivity contribution in [1.29, 1.82) is 5.26 Å². The molecule has 35 heavy (non-hydrogen) atoms. The van der Waals surface area contributed by atoms with Gasteiger partial charge >= 0.3 is 0 Å². The van der Waals surface area contributed by atoms with Crippen molar-refractivity contribution in [2.24, 2.45) is 5.41 Å². The van der Waals surface area contributed by atoms with E-state index in [2.05, 4.69) is 36.1 Å². The number of anilines is 3. The summed E-state index contributed by atoms with van der Waals surface area (Å²) in [7, 11) is 0. The number of nitrogens with two attached hydrogens (primary N) is 2. The summed E-state index contributed by atoms with van der Waals surface area (Å²) in [5.41, 5.74) is 11.8. The molecule has 3 aromatic rings. The van der Waals surface area contributed by atoms with Crippen LogP contribution in [0.5, 0.6) is 0 Å². The van der Waals surface area contributed by atoms with Crippen LogP contribution < -0.4 is 22.3 Å². The number of benzene rings is 1. The van der Waals surface area contributed by atoms with E-state index in [0.29, 0.717) is 34.6 Å². The fourth-order valence-electron chi connectivity index (χ4n) is 3.79. The van der Waals surface area contributed by atoms with Gasteiger partial charge in [0, 0.05) is 6.54 Å². The van der Waals surface area contributed by atoms with Gasteiger partial charge in [-0.1, -0.05) is 38.4 Å². The highest BCUT2D eigenvalue weighted by atomic mass is 35.5. The van der Waals surface area contributed by atoms with Crippen molar-refractivity contribution in [2.45, 2.75) is 65.6 Å². The van der Waals surface area contributed by atoms with Gasteiger partial charge in [0.25, 0.3) is 5.56 Å². The summed E-state index contributed by atoms with van der Waals surface area (Å²) in [6, 6.07) is 6.47. The molecule has 186 valence electrons. The third kappa shape index (κ3) is 6.18. The fraction of sp³-hybridized carbons (Fsp3) is 0.458. The molecule has 6 N–H and O–H groups in total. The van der Waals surface area contributed by atoms with Crippen LogP contribution in [0.2, 0.25) is 5.02 Å². The van der Waals surface area contributed by atoms with Crippen LogP contribution >= 0.6 is 11.6 Å². The first-order valence-electron chi connectivity index (χ1n) is 11.4. The molecule has 2 atom stereocenters. The predicted molar refractivity (Wildman–Crippen MR) is 138 cm³/mol. The van der Waals surface area contributed by atoms with Crippen LogP contribution in [0.4, 0.5) is 17.6 Å². The smallest absolute Gasteiger partial charge is 0.262 e. The lowest BCUT2D eigenvalue weighted by atomic mass is 9.89. The molecule has 0 saturated heterocycles. The van der Waals surface area contributed by atoms with Crippen molar-refractivity contribution in [2.75, 3.05) is 16.8 Å². The molecule has 0 aliphatic carbocycles. The van der Waals surface area contributed by atoms with E-state index >= 15 is 0 Å². The third-order valence-electron chi connectivity index (χ3n) is 5.68. The molecular weight excluding hydrogens is 468 g/mol. The van der Waals surface area contributed by atoms with Crippen LogP contribution in [0.15, 0.2) is 23.0 Å². The molecule has 0 amide bonds. The summed E-state index contributed by atoms with van der Waals surface area (Å²) in [6.07, 6.45) is 1.26.